The number of anilines is 2. The Hall–Kier alpha value is -2.93. The quantitative estimate of drug-likeness (QED) is 0.740. The maximum atomic E-state index is 13.9. The van der Waals surface area contributed by atoms with Gasteiger partial charge in [0.1, 0.15) is 5.82 Å². The fourth-order valence-corrected chi connectivity index (χ4v) is 3.33. The number of benzene rings is 2. The lowest BCUT2D eigenvalue weighted by atomic mass is 9.99. The molecule has 3 rings (SSSR count). The van der Waals surface area contributed by atoms with Crippen LogP contribution in [0.4, 0.5) is 20.6 Å². The molecule has 0 saturated heterocycles. The predicted octanol–water partition coefficient (Wildman–Crippen LogP) is 3.35. The Bertz CT molecular complexity index is 871. The van der Waals surface area contributed by atoms with Crippen LogP contribution in [-0.2, 0) is 17.8 Å². The van der Waals surface area contributed by atoms with Crippen molar-refractivity contribution in [2.45, 2.75) is 32.9 Å². The molecule has 1 aliphatic heterocycles. The molecule has 2 aromatic rings. The summed E-state index contributed by atoms with van der Waals surface area (Å²) in [5.41, 5.74) is 3.14. The zero-order valence-electron chi connectivity index (χ0n) is 16.1. The van der Waals surface area contributed by atoms with Gasteiger partial charge < -0.3 is 16.0 Å². The van der Waals surface area contributed by atoms with Crippen LogP contribution in [0.2, 0.25) is 0 Å². The summed E-state index contributed by atoms with van der Waals surface area (Å²) in [5.74, 6) is -0.830. The first-order valence-corrected chi connectivity index (χ1v) is 9.35. The molecule has 1 aliphatic rings. The van der Waals surface area contributed by atoms with Gasteiger partial charge in [0.15, 0.2) is 0 Å². The minimum Gasteiger partial charge on any atom is -0.336 e. The van der Waals surface area contributed by atoms with Gasteiger partial charge in [0.05, 0.1) is 5.69 Å². The van der Waals surface area contributed by atoms with Crippen molar-refractivity contribution in [2.75, 3.05) is 23.7 Å². The number of hydrogen-bond acceptors (Lipinski definition) is 3. The van der Waals surface area contributed by atoms with Crippen LogP contribution >= 0.6 is 0 Å². The van der Waals surface area contributed by atoms with E-state index in [2.05, 4.69) is 46.0 Å². The van der Waals surface area contributed by atoms with Gasteiger partial charge in [0.2, 0.25) is 5.91 Å². The van der Waals surface area contributed by atoms with Crippen molar-refractivity contribution in [1.82, 2.24) is 10.2 Å². The highest BCUT2D eigenvalue weighted by molar-refractivity contribution is 5.92. The Morgan fingerprint density at radius 1 is 1.14 bits per heavy atom. The highest BCUT2D eigenvalue weighted by atomic mass is 19.1. The molecule has 0 spiro atoms. The highest BCUT2D eigenvalue weighted by Gasteiger charge is 2.20. The van der Waals surface area contributed by atoms with Crippen LogP contribution in [0.15, 0.2) is 42.5 Å². The van der Waals surface area contributed by atoms with Gasteiger partial charge in [-0.25, -0.2) is 9.18 Å². The number of rotatable bonds is 5. The molecule has 1 heterocycles. The Morgan fingerprint density at radius 3 is 2.64 bits per heavy atom. The van der Waals surface area contributed by atoms with Crippen LogP contribution in [0.25, 0.3) is 0 Å². The molecule has 0 radical (unpaired) electrons. The Kier molecular flexibility index (Phi) is 6.26. The Balaban J connectivity index is 1.52. The third-order valence-electron chi connectivity index (χ3n) is 4.88. The number of carbonyl (C=O) groups is 2. The van der Waals surface area contributed by atoms with E-state index >= 15 is 0 Å². The molecule has 1 unspecified atom stereocenters. The first kappa shape index (κ1) is 19.8. The molecular formula is C21H25FN4O2. The molecule has 0 aliphatic carbocycles. The van der Waals surface area contributed by atoms with E-state index < -0.39 is 11.8 Å². The second kappa shape index (κ2) is 8.84. The van der Waals surface area contributed by atoms with E-state index in [9.17, 15) is 14.0 Å². The summed E-state index contributed by atoms with van der Waals surface area (Å²) in [5, 5.41) is 7.86. The standard InChI is InChI=1S/C21H25FN4O2/c1-14(26-10-9-16-5-3-4-6-17(16)13-26)12-23-21(28)25-20-11-18(24-15(2)27)7-8-19(20)22/h3-8,11,14H,9-10,12-13H2,1-2H3,(H,24,27)(H2,23,25,28). The van der Waals surface area contributed by atoms with Gasteiger partial charge >= 0.3 is 6.03 Å². The normalized spacial score (nSPS) is 14.7. The molecule has 148 valence electrons. The van der Waals surface area contributed by atoms with E-state index in [4.69, 9.17) is 0 Å². The molecule has 0 fully saturated rings. The molecular weight excluding hydrogens is 359 g/mol. The summed E-state index contributed by atoms with van der Waals surface area (Å²) in [6, 6.07) is 12.1. The van der Waals surface area contributed by atoms with E-state index in [0.717, 1.165) is 19.5 Å². The van der Waals surface area contributed by atoms with Crippen LogP contribution < -0.4 is 16.0 Å². The zero-order chi connectivity index (χ0) is 20.1. The third kappa shape index (κ3) is 5.07. The van der Waals surface area contributed by atoms with Gasteiger partial charge in [-0.05, 0) is 42.7 Å². The minimum atomic E-state index is -0.565. The molecule has 3 amide bonds. The van der Waals surface area contributed by atoms with Gasteiger partial charge in [-0.1, -0.05) is 24.3 Å². The molecule has 1 atom stereocenters. The fraction of sp³-hybridized carbons (Fsp3) is 0.333. The topological polar surface area (TPSA) is 73.5 Å². The van der Waals surface area contributed by atoms with Crippen LogP contribution in [-0.4, -0.2) is 36.0 Å². The number of fused-ring (bicyclic) bond motifs is 1. The van der Waals surface area contributed by atoms with Crippen molar-refractivity contribution in [1.29, 1.82) is 0 Å². The van der Waals surface area contributed by atoms with E-state index in [1.807, 2.05) is 6.07 Å². The summed E-state index contributed by atoms with van der Waals surface area (Å²) in [7, 11) is 0. The number of urea groups is 1. The van der Waals surface area contributed by atoms with Gasteiger partial charge in [0, 0.05) is 38.3 Å². The maximum Gasteiger partial charge on any atom is 0.319 e. The Labute approximate surface area is 164 Å². The molecule has 0 bridgehead atoms. The SMILES string of the molecule is CC(=O)Nc1ccc(F)c(NC(=O)NCC(C)N2CCc3ccccc3C2)c1. The van der Waals surface area contributed by atoms with Gasteiger partial charge in [-0.3, -0.25) is 9.69 Å². The summed E-state index contributed by atoms with van der Waals surface area (Å²) in [6.07, 6.45) is 0.994. The average Bonchev–Trinajstić information content (AvgIpc) is 2.68. The highest BCUT2D eigenvalue weighted by Crippen LogP contribution is 2.21. The van der Waals surface area contributed by atoms with Gasteiger partial charge in [-0.2, -0.15) is 0 Å². The lowest BCUT2D eigenvalue weighted by Gasteiger charge is -2.33. The smallest absolute Gasteiger partial charge is 0.319 e. The number of nitrogens with one attached hydrogen (secondary N) is 3. The number of amides is 3. The summed E-state index contributed by atoms with van der Waals surface area (Å²) in [4.78, 5) is 25.6. The van der Waals surface area contributed by atoms with Crippen molar-refractivity contribution < 1.29 is 14.0 Å². The number of halogens is 1. The van der Waals surface area contributed by atoms with E-state index in [1.165, 1.54) is 36.2 Å². The van der Waals surface area contributed by atoms with Crippen molar-refractivity contribution in [3.63, 3.8) is 0 Å². The second-order valence-corrected chi connectivity index (χ2v) is 7.05. The molecule has 3 N–H and O–H groups in total. The van der Waals surface area contributed by atoms with Crippen molar-refractivity contribution in [3.8, 4) is 0 Å². The zero-order valence-corrected chi connectivity index (χ0v) is 16.1. The van der Waals surface area contributed by atoms with Gasteiger partial charge in [-0.15, -0.1) is 0 Å². The van der Waals surface area contributed by atoms with Crippen LogP contribution in [0, 0.1) is 5.82 Å². The number of nitrogens with zero attached hydrogens (tertiary/aromatic N) is 1. The maximum absolute atomic E-state index is 13.9. The third-order valence-corrected chi connectivity index (χ3v) is 4.88. The second-order valence-electron chi connectivity index (χ2n) is 7.05. The monoisotopic (exact) mass is 384 g/mol. The molecule has 28 heavy (non-hydrogen) atoms. The summed E-state index contributed by atoms with van der Waals surface area (Å²) < 4.78 is 13.9. The minimum absolute atomic E-state index is 0.0169. The lowest BCUT2D eigenvalue weighted by Crippen LogP contribution is -2.45. The molecule has 2 aromatic carbocycles. The molecule has 0 saturated carbocycles. The van der Waals surface area contributed by atoms with Crippen LogP contribution in [0.5, 0.6) is 0 Å². The fourth-order valence-electron chi connectivity index (χ4n) is 3.33. The van der Waals surface area contributed by atoms with Gasteiger partial charge in [0.25, 0.3) is 0 Å². The molecule has 0 aromatic heterocycles. The van der Waals surface area contributed by atoms with Crippen molar-refractivity contribution in [2.24, 2.45) is 0 Å². The number of hydrogen-bond donors (Lipinski definition) is 3. The predicted molar refractivity (Wildman–Crippen MR) is 108 cm³/mol. The lowest BCUT2D eigenvalue weighted by molar-refractivity contribution is -0.114. The largest absolute Gasteiger partial charge is 0.336 e. The van der Waals surface area contributed by atoms with E-state index in [-0.39, 0.29) is 17.6 Å². The summed E-state index contributed by atoms with van der Waals surface area (Å²) in [6.45, 7) is 5.67. The Morgan fingerprint density at radius 2 is 1.89 bits per heavy atom. The van der Waals surface area contributed by atoms with Crippen molar-refractivity contribution >= 4 is 23.3 Å². The number of carbonyl (C=O) groups excluding carboxylic acids is 2. The van der Waals surface area contributed by atoms with E-state index in [1.54, 1.807) is 0 Å². The molecule has 7 heteroatoms. The van der Waals surface area contributed by atoms with Crippen LogP contribution in [0.3, 0.4) is 0 Å². The summed E-state index contributed by atoms with van der Waals surface area (Å²) >= 11 is 0. The average molecular weight is 384 g/mol. The van der Waals surface area contributed by atoms with Crippen LogP contribution in [0.1, 0.15) is 25.0 Å². The molecule has 6 nitrogen and oxygen atoms in total. The van der Waals surface area contributed by atoms with Crippen molar-refractivity contribution in [3.05, 3.63) is 59.4 Å². The first-order valence-electron chi connectivity index (χ1n) is 9.35. The first-order chi connectivity index (χ1) is 13.4. The van der Waals surface area contributed by atoms with E-state index in [0.29, 0.717) is 12.2 Å².